The molecule has 0 amide bonds. The molecule has 1 heterocycles. The first-order valence-corrected chi connectivity index (χ1v) is 5.15. The molecule has 0 saturated carbocycles. The fraction of sp³-hybridized carbons (Fsp3) is 0. The average molecular weight is 317 g/mol. The highest BCUT2D eigenvalue weighted by molar-refractivity contribution is 14.1. The van der Waals surface area contributed by atoms with Crippen LogP contribution in [0.5, 0.6) is 0 Å². The van der Waals surface area contributed by atoms with Gasteiger partial charge in [0.05, 0.1) is 5.56 Å². The summed E-state index contributed by atoms with van der Waals surface area (Å²) >= 11 is 1.97. The smallest absolute Gasteiger partial charge is 0.222 e. The third-order valence-corrected chi connectivity index (χ3v) is 2.15. The van der Waals surface area contributed by atoms with Gasteiger partial charge in [-0.15, -0.1) is 0 Å². The van der Waals surface area contributed by atoms with Gasteiger partial charge in [0.15, 0.2) is 0 Å². The third kappa shape index (κ3) is 3.43. The van der Waals surface area contributed by atoms with Crippen LogP contribution >= 0.6 is 22.6 Å². The molecule has 0 aliphatic rings. The van der Waals surface area contributed by atoms with Gasteiger partial charge in [0, 0.05) is 18.1 Å². The highest BCUT2D eigenvalue weighted by atomic mass is 127. The molecular weight excluding hydrogens is 308 g/mol. The van der Waals surface area contributed by atoms with Crippen molar-refractivity contribution in [3.8, 4) is 0 Å². The van der Waals surface area contributed by atoms with E-state index in [2.05, 4.69) is 16.6 Å². The molecule has 0 atom stereocenters. The van der Waals surface area contributed by atoms with Crippen LogP contribution in [0.25, 0.3) is 5.70 Å². The van der Waals surface area contributed by atoms with E-state index in [0.29, 0.717) is 3.72 Å². The fourth-order valence-corrected chi connectivity index (χ4v) is 1.46. The van der Waals surface area contributed by atoms with E-state index >= 15 is 0 Å². The molecule has 5 heteroatoms. The Labute approximate surface area is 101 Å². The molecule has 0 unspecified atom stereocenters. The number of hydrogen-bond donors (Lipinski definition) is 1. The van der Waals surface area contributed by atoms with E-state index in [1.54, 1.807) is 18.2 Å². The minimum atomic E-state index is -0.589. The monoisotopic (exact) mass is 317 g/mol. The lowest BCUT2D eigenvalue weighted by atomic mass is 10.2. The lowest BCUT2D eigenvalue weighted by Crippen LogP contribution is -2.02. The Bertz CT molecular complexity index is 426. The standard InChI is InChI=1S/C10H9FIN3/c1-2-14-9(12)6-8(13)7-4-3-5-15-10(7)11/h2-6H,1,13H2/b8-6-,14-9+. The van der Waals surface area contributed by atoms with Crippen molar-refractivity contribution in [1.29, 1.82) is 0 Å². The number of halogens is 2. The van der Waals surface area contributed by atoms with Gasteiger partial charge in [-0.05, 0) is 40.8 Å². The van der Waals surface area contributed by atoms with Gasteiger partial charge < -0.3 is 5.73 Å². The molecule has 78 valence electrons. The van der Waals surface area contributed by atoms with Crippen molar-refractivity contribution in [2.24, 2.45) is 10.7 Å². The van der Waals surface area contributed by atoms with Crippen LogP contribution in [-0.4, -0.2) is 8.70 Å². The average Bonchev–Trinajstić information content (AvgIpc) is 2.18. The van der Waals surface area contributed by atoms with Crippen molar-refractivity contribution in [3.05, 3.63) is 48.7 Å². The summed E-state index contributed by atoms with van der Waals surface area (Å²) in [6.45, 7) is 3.45. The van der Waals surface area contributed by atoms with Crippen molar-refractivity contribution < 1.29 is 4.39 Å². The molecule has 0 spiro atoms. The summed E-state index contributed by atoms with van der Waals surface area (Å²) in [5.74, 6) is -0.589. The maximum absolute atomic E-state index is 13.2. The predicted molar refractivity (Wildman–Crippen MR) is 68.0 cm³/mol. The molecule has 0 fully saturated rings. The molecule has 1 aromatic rings. The molecule has 1 rings (SSSR count). The molecule has 15 heavy (non-hydrogen) atoms. The quantitative estimate of drug-likeness (QED) is 0.529. The zero-order valence-electron chi connectivity index (χ0n) is 7.82. The Morgan fingerprint density at radius 1 is 1.67 bits per heavy atom. The minimum absolute atomic E-state index is 0.269. The lowest BCUT2D eigenvalue weighted by molar-refractivity contribution is 0.579. The Kier molecular flexibility index (Phi) is 4.41. The Morgan fingerprint density at radius 2 is 2.40 bits per heavy atom. The van der Waals surface area contributed by atoms with Gasteiger partial charge in [0.2, 0.25) is 5.95 Å². The molecule has 0 aliphatic heterocycles. The molecule has 0 aliphatic carbocycles. The Balaban J connectivity index is 3.04. The molecule has 0 radical (unpaired) electrons. The molecule has 3 nitrogen and oxygen atoms in total. The van der Waals surface area contributed by atoms with E-state index in [0.717, 1.165) is 0 Å². The number of aromatic nitrogens is 1. The van der Waals surface area contributed by atoms with Crippen LogP contribution in [0.1, 0.15) is 5.56 Å². The summed E-state index contributed by atoms with van der Waals surface area (Å²) in [5, 5.41) is 0. The van der Waals surface area contributed by atoms with Crippen LogP contribution in [0, 0.1) is 5.95 Å². The first-order chi connectivity index (χ1) is 7.15. The molecule has 0 bridgehead atoms. The van der Waals surface area contributed by atoms with Crippen LogP contribution in [0.15, 0.2) is 42.2 Å². The maximum Gasteiger partial charge on any atom is 0.222 e. The van der Waals surface area contributed by atoms with Gasteiger partial charge >= 0.3 is 0 Å². The van der Waals surface area contributed by atoms with Crippen LogP contribution in [0.3, 0.4) is 0 Å². The van der Waals surface area contributed by atoms with E-state index in [1.165, 1.54) is 12.4 Å². The number of rotatable bonds is 3. The van der Waals surface area contributed by atoms with E-state index in [1.807, 2.05) is 22.6 Å². The van der Waals surface area contributed by atoms with E-state index in [-0.39, 0.29) is 11.3 Å². The van der Waals surface area contributed by atoms with Gasteiger partial charge in [-0.25, -0.2) is 4.98 Å². The van der Waals surface area contributed by atoms with Crippen LogP contribution in [0.4, 0.5) is 4.39 Å². The molecule has 0 aromatic carbocycles. The van der Waals surface area contributed by atoms with Gasteiger partial charge in [-0.3, -0.25) is 4.99 Å². The summed E-state index contributed by atoms with van der Waals surface area (Å²) in [6.07, 6.45) is 4.32. The van der Waals surface area contributed by atoms with Crippen molar-refractivity contribution in [2.75, 3.05) is 0 Å². The fourth-order valence-electron chi connectivity index (χ4n) is 0.932. The van der Waals surface area contributed by atoms with Gasteiger partial charge in [0.1, 0.15) is 3.72 Å². The minimum Gasteiger partial charge on any atom is -0.398 e. The number of nitrogens with zero attached hydrogens (tertiary/aromatic N) is 2. The third-order valence-electron chi connectivity index (χ3n) is 1.56. The maximum atomic E-state index is 13.2. The van der Waals surface area contributed by atoms with E-state index in [4.69, 9.17) is 5.73 Å². The molecule has 1 aromatic heterocycles. The van der Waals surface area contributed by atoms with Crippen LogP contribution in [0.2, 0.25) is 0 Å². The SMILES string of the molecule is C=C/N=C(I)\C=C(/N)c1cccnc1F. The Morgan fingerprint density at radius 3 is 3.00 bits per heavy atom. The summed E-state index contributed by atoms with van der Waals surface area (Å²) in [4.78, 5) is 7.39. The second-order valence-electron chi connectivity index (χ2n) is 2.58. The first kappa shape index (κ1) is 11.8. The largest absolute Gasteiger partial charge is 0.398 e. The number of pyridine rings is 1. The van der Waals surface area contributed by atoms with Crippen LogP contribution < -0.4 is 5.73 Å². The van der Waals surface area contributed by atoms with E-state index < -0.39 is 5.95 Å². The summed E-state index contributed by atoms with van der Waals surface area (Å²) in [6, 6.07) is 3.18. The number of hydrogen-bond acceptors (Lipinski definition) is 3. The zero-order chi connectivity index (χ0) is 11.3. The van der Waals surface area contributed by atoms with E-state index in [9.17, 15) is 4.39 Å². The molecule has 2 N–H and O–H groups in total. The Hall–Kier alpha value is -1.24. The molecule has 0 saturated heterocycles. The van der Waals surface area contributed by atoms with Crippen molar-refractivity contribution in [3.63, 3.8) is 0 Å². The number of allylic oxidation sites excluding steroid dienone is 1. The first-order valence-electron chi connectivity index (χ1n) is 4.07. The highest BCUT2D eigenvalue weighted by Crippen LogP contribution is 2.12. The van der Waals surface area contributed by atoms with Crippen molar-refractivity contribution >= 4 is 32.0 Å². The summed E-state index contributed by atoms with van der Waals surface area (Å²) in [7, 11) is 0. The lowest BCUT2D eigenvalue weighted by Gasteiger charge is -2.01. The molecular formula is C10H9FIN3. The summed E-state index contributed by atoms with van der Waals surface area (Å²) in [5.41, 5.74) is 6.25. The normalized spacial score (nSPS) is 12.7. The zero-order valence-corrected chi connectivity index (χ0v) is 9.98. The van der Waals surface area contributed by atoms with Gasteiger partial charge in [-0.1, -0.05) is 6.58 Å². The predicted octanol–water partition coefficient (Wildman–Crippen LogP) is 2.50. The topological polar surface area (TPSA) is 51.3 Å². The van der Waals surface area contributed by atoms with Gasteiger partial charge in [0.25, 0.3) is 0 Å². The van der Waals surface area contributed by atoms with Crippen LogP contribution in [-0.2, 0) is 0 Å². The van der Waals surface area contributed by atoms with Gasteiger partial charge in [-0.2, -0.15) is 4.39 Å². The van der Waals surface area contributed by atoms with Crippen molar-refractivity contribution in [1.82, 2.24) is 4.98 Å². The number of aliphatic imine (C=N–C) groups is 1. The highest BCUT2D eigenvalue weighted by Gasteiger charge is 2.04. The summed E-state index contributed by atoms with van der Waals surface area (Å²) < 4.78 is 13.8. The number of nitrogens with two attached hydrogens (primary N) is 1. The second kappa shape index (κ2) is 5.59. The second-order valence-corrected chi connectivity index (χ2v) is 3.68. The van der Waals surface area contributed by atoms with Crippen molar-refractivity contribution in [2.45, 2.75) is 0 Å².